The average molecular weight is 343 g/mol. The van der Waals surface area contributed by atoms with E-state index >= 15 is 0 Å². The first kappa shape index (κ1) is 16.2. The molecule has 4 nitrogen and oxygen atoms in total. The molecular formula is C18H16ClFN4. The Bertz CT molecular complexity index is 868. The predicted octanol–water partition coefficient (Wildman–Crippen LogP) is 3.60. The van der Waals surface area contributed by atoms with Crippen molar-refractivity contribution in [2.75, 3.05) is 0 Å². The minimum Gasteiger partial charge on any atom is -0.384 e. The highest BCUT2D eigenvalue weighted by Crippen LogP contribution is 2.22. The van der Waals surface area contributed by atoms with E-state index in [-0.39, 0.29) is 11.7 Å². The summed E-state index contributed by atoms with van der Waals surface area (Å²) < 4.78 is 15.9. The lowest BCUT2D eigenvalue weighted by molar-refractivity contribution is 0.609. The molecule has 0 unspecified atom stereocenters. The monoisotopic (exact) mass is 342 g/mol. The molecule has 24 heavy (non-hydrogen) atoms. The molecule has 0 aliphatic heterocycles. The summed E-state index contributed by atoms with van der Waals surface area (Å²) in [6.07, 6.45) is 3.83. The van der Waals surface area contributed by atoms with Crippen molar-refractivity contribution in [3.8, 4) is 0 Å². The van der Waals surface area contributed by atoms with Crippen molar-refractivity contribution in [2.45, 2.75) is 13.0 Å². The highest BCUT2D eigenvalue weighted by molar-refractivity contribution is 6.31. The summed E-state index contributed by atoms with van der Waals surface area (Å²) in [7, 11) is 0. The van der Waals surface area contributed by atoms with E-state index in [4.69, 9.17) is 22.7 Å². The van der Waals surface area contributed by atoms with Crippen LogP contribution in [0.1, 0.15) is 22.5 Å². The minimum atomic E-state index is -0.337. The van der Waals surface area contributed by atoms with Crippen LogP contribution in [0.3, 0.4) is 0 Å². The molecule has 122 valence electrons. The van der Waals surface area contributed by atoms with E-state index in [2.05, 4.69) is 4.98 Å². The number of benzene rings is 2. The summed E-state index contributed by atoms with van der Waals surface area (Å²) in [6.45, 7) is 0.558. The van der Waals surface area contributed by atoms with Gasteiger partial charge in [-0.05, 0) is 23.8 Å². The second kappa shape index (κ2) is 6.84. The first-order valence-electron chi connectivity index (χ1n) is 7.41. The van der Waals surface area contributed by atoms with Crippen molar-refractivity contribution in [1.82, 2.24) is 9.55 Å². The largest absolute Gasteiger partial charge is 0.384 e. The first-order valence-corrected chi connectivity index (χ1v) is 7.78. The van der Waals surface area contributed by atoms with Crippen LogP contribution in [-0.2, 0) is 13.0 Å². The van der Waals surface area contributed by atoms with Crippen molar-refractivity contribution in [3.05, 3.63) is 88.2 Å². The topological polar surface area (TPSA) is 67.7 Å². The Balaban J connectivity index is 1.86. The van der Waals surface area contributed by atoms with Gasteiger partial charge < -0.3 is 10.3 Å². The van der Waals surface area contributed by atoms with Gasteiger partial charge in [0.05, 0.1) is 0 Å². The van der Waals surface area contributed by atoms with E-state index < -0.39 is 0 Å². The van der Waals surface area contributed by atoms with Crippen LogP contribution in [0.4, 0.5) is 4.39 Å². The van der Waals surface area contributed by atoms with E-state index in [1.54, 1.807) is 24.4 Å². The third kappa shape index (κ3) is 3.46. The fourth-order valence-corrected chi connectivity index (χ4v) is 2.77. The maximum Gasteiger partial charge on any atom is 0.128 e. The quantitative estimate of drug-likeness (QED) is 0.549. The van der Waals surface area contributed by atoms with Crippen LogP contribution >= 0.6 is 11.6 Å². The zero-order valence-electron chi connectivity index (χ0n) is 12.8. The van der Waals surface area contributed by atoms with Gasteiger partial charge in [0.25, 0.3) is 0 Å². The molecule has 3 aromatic rings. The van der Waals surface area contributed by atoms with E-state index in [1.165, 1.54) is 6.07 Å². The molecule has 0 radical (unpaired) electrons. The number of aromatic nitrogens is 2. The smallest absolute Gasteiger partial charge is 0.128 e. The zero-order chi connectivity index (χ0) is 17.1. The van der Waals surface area contributed by atoms with E-state index in [0.29, 0.717) is 29.1 Å². The van der Waals surface area contributed by atoms with Gasteiger partial charge in [0.2, 0.25) is 0 Å². The number of hydrogen-bond donors (Lipinski definition) is 2. The van der Waals surface area contributed by atoms with E-state index in [0.717, 1.165) is 11.4 Å². The maximum absolute atomic E-state index is 14.0. The van der Waals surface area contributed by atoms with Crippen molar-refractivity contribution in [2.24, 2.45) is 5.73 Å². The van der Waals surface area contributed by atoms with Gasteiger partial charge in [-0.25, -0.2) is 9.37 Å². The molecule has 0 aliphatic carbocycles. The minimum absolute atomic E-state index is 0.0286. The van der Waals surface area contributed by atoms with Crippen LogP contribution < -0.4 is 5.73 Å². The number of nitrogens with two attached hydrogens (primary N) is 1. The Labute approximate surface area is 144 Å². The van der Waals surface area contributed by atoms with Crippen molar-refractivity contribution < 1.29 is 4.39 Å². The van der Waals surface area contributed by atoms with Crippen LogP contribution in [0.25, 0.3) is 0 Å². The molecule has 6 heteroatoms. The Morgan fingerprint density at radius 1 is 1.25 bits per heavy atom. The van der Waals surface area contributed by atoms with Crippen molar-refractivity contribution in [3.63, 3.8) is 0 Å². The third-order valence-corrected chi connectivity index (χ3v) is 4.14. The second-order valence-corrected chi connectivity index (χ2v) is 5.87. The Hall–Kier alpha value is -2.66. The molecule has 1 aromatic heterocycles. The Kier molecular flexibility index (Phi) is 4.62. The number of nitrogens with zero attached hydrogens (tertiary/aromatic N) is 2. The van der Waals surface area contributed by atoms with Gasteiger partial charge in [0.1, 0.15) is 17.5 Å². The maximum atomic E-state index is 14.0. The summed E-state index contributed by atoms with van der Waals surface area (Å²) in [5.41, 5.74) is 7.62. The lowest BCUT2D eigenvalue weighted by Gasteiger charge is -2.10. The molecule has 2 aromatic carbocycles. The lowest BCUT2D eigenvalue weighted by atomic mass is 10.1. The highest BCUT2D eigenvalue weighted by Gasteiger charge is 2.12. The highest BCUT2D eigenvalue weighted by atomic mass is 35.5. The van der Waals surface area contributed by atoms with Crippen LogP contribution in [0.15, 0.2) is 54.9 Å². The summed E-state index contributed by atoms with van der Waals surface area (Å²) in [4.78, 5) is 4.32. The van der Waals surface area contributed by atoms with Crippen LogP contribution in [0.2, 0.25) is 5.02 Å². The number of imidazole rings is 1. The van der Waals surface area contributed by atoms with Crippen LogP contribution in [-0.4, -0.2) is 15.4 Å². The fraction of sp³-hybridized carbons (Fsp3) is 0.111. The number of halogens is 2. The van der Waals surface area contributed by atoms with Gasteiger partial charge in [-0.2, -0.15) is 0 Å². The van der Waals surface area contributed by atoms with Crippen LogP contribution in [0.5, 0.6) is 0 Å². The van der Waals surface area contributed by atoms with Gasteiger partial charge in [0.15, 0.2) is 0 Å². The molecule has 0 saturated carbocycles. The second-order valence-electron chi connectivity index (χ2n) is 5.46. The predicted molar refractivity (Wildman–Crippen MR) is 93.0 cm³/mol. The van der Waals surface area contributed by atoms with E-state index in [9.17, 15) is 4.39 Å². The third-order valence-electron chi connectivity index (χ3n) is 3.79. The normalized spacial score (nSPS) is 10.8. The van der Waals surface area contributed by atoms with Gasteiger partial charge in [-0.3, -0.25) is 5.41 Å². The van der Waals surface area contributed by atoms with E-state index in [1.807, 2.05) is 29.0 Å². The van der Waals surface area contributed by atoms with Crippen LogP contribution in [0, 0.1) is 11.2 Å². The van der Waals surface area contributed by atoms with Crippen molar-refractivity contribution in [1.29, 1.82) is 5.41 Å². The van der Waals surface area contributed by atoms with Gasteiger partial charge in [0, 0.05) is 41.5 Å². The number of hydrogen-bond acceptors (Lipinski definition) is 2. The number of nitrogen functional groups attached to an aromatic ring is 1. The number of rotatable bonds is 5. The SMILES string of the molecule is N=C(N)c1cccc(Cn2ccnc2Cc2c(F)cccc2Cl)c1. The standard InChI is InChI=1S/C18H16ClFN4/c19-15-5-2-6-16(20)14(15)10-17-23-7-8-24(17)11-12-3-1-4-13(9-12)18(21)22/h1-9H,10-11H2,(H3,21,22). The summed E-state index contributed by atoms with van der Waals surface area (Å²) in [6, 6.07) is 12.1. The molecule has 0 aliphatic rings. The average Bonchev–Trinajstić information content (AvgIpc) is 2.98. The molecule has 3 N–H and O–H groups in total. The number of nitrogens with one attached hydrogen (secondary N) is 1. The van der Waals surface area contributed by atoms with Gasteiger partial charge in [-0.1, -0.05) is 35.9 Å². The Morgan fingerprint density at radius 3 is 2.79 bits per heavy atom. The molecule has 3 rings (SSSR count). The summed E-state index contributed by atoms with van der Waals surface area (Å²) in [5, 5.41) is 7.91. The molecule has 0 amide bonds. The fourth-order valence-electron chi connectivity index (χ4n) is 2.54. The molecule has 0 saturated heterocycles. The van der Waals surface area contributed by atoms with Gasteiger partial charge in [-0.15, -0.1) is 0 Å². The van der Waals surface area contributed by atoms with Gasteiger partial charge >= 0.3 is 0 Å². The molecular weight excluding hydrogens is 327 g/mol. The first-order chi connectivity index (χ1) is 11.5. The number of amidine groups is 1. The Morgan fingerprint density at radius 2 is 2.04 bits per heavy atom. The molecule has 0 fully saturated rings. The molecule has 0 spiro atoms. The molecule has 0 atom stereocenters. The lowest BCUT2D eigenvalue weighted by Crippen LogP contribution is -2.12. The molecule has 0 bridgehead atoms. The zero-order valence-corrected chi connectivity index (χ0v) is 13.6. The molecule has 1 heterocycles. The van der Waals surface area contributed by atoms with Crippen molar-refractivity contribution >= 4 is 17.4 Å². The summed E-state index contributed by atoms with van der Waals surface area (Å²) in [5.74, 6) is 0.409. The summed E-state index contributed by atoms with van der Waals surface area (Å²) >= 11 is 6.10.